The van der Waals surface area contributed by atoms with Crippen LogP contribution in [0.2, 0.25) is 0 Å². The zero-order valence-electron chi connectivity index (χ0n) is 12.0. The van der Waals surface area contributed by atoms with Gasteiger partial charge in [-0.25, -0.2) is 0 Å². The predicted octanol–water partition coefficient (Wildman–Crippen LogP) is 3.53. The van der Waals surface area contributed by atoms with Crippen LogP contribution in [0.15, 0.2) is 12.2 Å². The Morgan fingerprint density at radius 1 is 1.47 bits per heavy atom. The van der Waals surface area contributed by atoms with Gasteiger partial charge in [0.1, 0.15) is 0 Å². The molecule has 0 heterocycles. The van der Waals surface area contributed by atoms with Crippen LogP contribution in [0.25, 0.3) is 0 Å². The highest BCUT2D eigenvalue weighted by molar-refractivity contribution is 4.98. The monoisotopic (exact) mass is 239 g/mol. The molecule has 2 nitrogen and oxygen atoms in total. The fourth-order valence-corrected chi connectivity index (χ4v) is 3.01. The summed E-state index contributed by atoms with van der Waals surface area (Å²) >= 11 is 0. The van der Waals surface area contributed by atoms with Crippen LogP contribution in [0, 0.1) is 5.92 Å². The first-order chi connectivity index (χ1) is 8.04. The fourth-order valence-electron chi connectivity index (χ4n) is 3.01. The molecule has 0 spiro atoms. The van der Waals surface area contributed by atoms with Crippen LogP contribution in [-0.2, 0) is 4.74 Å². The summed E-state index contributed by atoms with van der Waals surface area (Å²) in [5.74, 6) is 0.858. The number of allylic oxidation sites excluding steroid dienone is 1. The molecule has 0 aliphatic heterocycles. The molecule has 2 heteroatoms. The van der Waals surface area contributed by atoms with Gasteiger partial charge in [0.25, 0.3) is 0 Å². The zero-order valence-corrected chi connectivity index (χ0v) is 12.0. The molecule has 100 valence electrons. The Morgan fingerprint density at radius 3 is 2.47 bits per heavy atom. The summed E-state index contributed by atoms with van der Waals surface area (Å²) < 4.78 is 5.92. The molecule has 1 atom stereocenters. The van der Waals surface area contributed by atoms with Gasteiger partial charge in [-0.15, -0.1) is 6.58 Å². The second-order valence-corrected chi connectivity index (χ2v) is 5.79. The van der Waals surface area contributed by atoms with E-state index >= 15 is 0 Å². The molecule has 1 N–H and O–H groups in total. The Balaban J connectivity index is 2.64. The molecule has 0 radical (unpaired) electrons. The molecular weight excluding hydrogens is 210 g/mol. The Hall–Kier alpha value is -0.340. The third kappa shape index (κ3) is 3.82. The number of likely N-dealkylation sites (N-methyl/N-ethyl adjacent to an activating group) is 1. The zero-order chi connectivity index (χ0) is 12.9. The Bertz CT molecular complexity index is 241. The van der Waals surface area contributed by atoms with E-state index in [2.05, 4.69) is 32.8 Å². The second-order valence-electron chi connectivity index (χ2n) is 5.79. The summed E-state index contributed by atoms with van der Waals surface area (Å²) in [4.78, 5) is 0. The van der Waals surface area contributed by atoms with Crippen molar-refractivity contribution in [3.05, 3.63) is 12.2 Å². The lowest BCUT2D eigenvalue weighted by Gasteiger charge is -2.44. The summed E-state index contributed by atoms with van der Waals surface area (Å²) in [5, 5.41) is 3.47. The molecule has 1 unspecified atom stereocenters. The minimum Gasteiger partial charge on any atom is -0.377 e. The van der Waals surface area contributed by atoms with Crippen molar-refractivity contribution in [3.63, 3.8) is 0 Å². The largest absolute Gasteiger partial charge is 0.377 e. The van der Waals surface area contributed by atoms with Gasteiger partial charge in [0.15, 0.2) is 0 Å². The number of rotatable bonds is 6. The van der Waals surface area contributed by atoms with Gasteiger partial charge in [0, 0.05) is 13.2 Å². The molecule has 0 saturated heterocycles. The van der Waals surface area contributed by atoms with Crippen LogP contribution >= 0.6 is 0 Å². The average Bonchev–Trinajstić information content (AvgIpc) is 2.32. The summed E-state index contributed by atoms with van der Waals surface area (Å²) in [7, 11) is 3.93. The number of ether oxygens (including phenoxy) is 1. The number of methoxy groups -OCH3 is 1. The minimum atomic E-state index is 0.0523. The maximum absolute atomic E-state index is 5.92. The maximum atomic E-state index is 5.92. The molecule has 0 bridgehead atoms. The van der Waals surface area contributed by atoms with E-state index in [4.69, 9.17) is 4.74 Å². The van der Waals surface area contributed by atoms with E-state index in [1.807, 2.05) is 7.11 Å². The first kappa shape index (κ1) is 14.7. The van der Waals surface area contributed by atoms with Crippen molar-refractivity contribution < 1.29 is 4.74 Å². The topological polar surface area (TPSA) is 21.3 Å². The summed E-state index contributed by atoms with van der Waals surface area (Å²) in [6, 6.07) is 0.455. The lowest BCUT2D eigenvalue weighted by atomic mass is 9.74. The molecular formula is C15H29NO. The molecule has 0 aromatic rings. The standard InChI is InChI=1S/C15H29NO/c1-12(2)6-7-14(16-4)15(17-5)10-8-13(3)9-11-15/h13-14,16H,1,6-11H2,2-5H3. The van der Waals surface area contributed by atoms with Crippen molar-refractivity contribution >= 4 is 0 Å². The number of hydrogen-bond donors (Lipinski definition) is 1. The predicted molar refractivity (Wildman–Crippen MR) is 74.3 cm³/mol. The van der Waals surface area contributed by atoms with Crippen LogP contribution in [0.5, 0.6) is 0 Å². The van der Waals surface area contributed by atoms with Crippen LogP contribution in [0.4, 0.5) is 0 Å². The van der Waals surface area contributed by atoms with Crippen LogP contribution in [-0.4, -0.2) is 25.8 Å². The van der Waals surface area contributed by atoms with Crippen molar-refractivity contribution in [1.82, 2.24) is 5.32 Å². The third-order valence-corrected chi connectivity index (χ3v) is 4.37. The smallest absolute Gasteiger partial charge is 0.0831 e. The van der Waals surface area contributed by atoms with Crippen molar-refractivity contribution in [2.75, 3.05) is 14.2 Å². The second kappa shape index (κ2) is 6.55. The molecule has 0 aromatic carbocycles. The fraction of sp³-hybridized carbons (Fsp3) is 0.867. The summed E-state index contributed by atoms with van der Waals surface area (Å²) in [5.41, 5.74) is 1.32. The van der Waals surface area contributed by atoms with Crippen LogP contribution in [0.3, 0.4) is 0 Å². The van der Waals surface area contributed by atoms with Crippen molar-refractivity contribution in [2.24, 2.45) is 5.92 Å². The van der Waals surface area contributed by atoms with E-state index < -0.39 is 0 Å². The van der Waals surface area contributed by atoms with Gasteiger partial charge in [-0.2, -0.15) is 0 Å². The SMILES string of the molecule is C=C(C)CCC(NC)C1(OC)CCC(C)CC1. The van der Waals surface area contributed by atoms with E-state index in [1.54, 1.807) is 0 Å². The lowest BCUT2D eigenvalue weighted by molar-refractivity contribution is -0.0748. The first-order valence-corrected chi connectivity index (χ1v) is 6.91. The number of nitrogens with one attached hydrogen (secondary N) is 1. The maximum Gasteiger partial charge on any atom is 0.0831 e. The Morgan fingerprint density at radius 2 is 2.06 bits per heavy atom. The van der Waals surface area contributed by atoms with Crippen molar-refractivity contribution in [2.45, 2.75) is 64.0 Å². The van der Waals surface area contributed by atoms with Crippen molar-refractivity contribution in [3.8, 4) is 0 Å². The summed E-state index contributed by atoms with van der Waals surface area (Å²) in [6.07, 6.45) is 7.18. The van der Waals surface area contributed by atoms with Gasteiger partial charge in [-0.05, 0) is 58.4 Å². The number of hydrogen-bond acceptors (Lipinski definition) is 2. The van der Waals surface area contributed by atoms with E-state index in [0.29, 0.717) is 6.04 Å². The van der Waals surface area contributed by atoms with Gasteiger partial charge in [-0.3, -0.25) is 0 Å². The van der Waals surface area contributed by atoms with E-state index in [0.717, 1.165) is 18.8 Å². The van der Waals surface area contributed by atoms with Gasteiger partial charge >= 0.3 is 0 Å². The molecule has 17 heavy (non-hydrogen) atoms. The molecule has 1 saturated carbocycles. The lowest BCUT2D eigenvalue weighted by Crippen LogP contribution is -2.52. The van der Waals surface area contributed by atoms with E-state index in [9.17, 15) is 0 Å². The Kier molecular flexibility index (Phi) is 5.68. The average molecular weight is 239 g/mol. The molecule has 1 aliphatic carbocycles. The highest BCUT2D eigenvalue weighted by Crippen LogP contribution is 2.38. The molecule has 1 aliphatic rings. The highest BCUT2D eigenvalue weighted by Gasteiger charge is 2.40. The van der Waals surface area contributed by atoms with E-state index in [-0.39, 0.29) is 5.60 Å². The first-order valence-electron chi connectivity index (χ1n) is 6.91. The third-order valence-electron chi connectivity index (χ3n) is 4.37. The van der Waals surface area contributed by atoms with Gasteiger partial charge in [0.2, 0.25) is 0 Å². The molecule has 1 fully saturated rings. The summed E-state index contributed by atoms with van der Waals surface area (Å²) in [6.45, 7) is 8.45. The van der Waals surface area contributed by atoms with Crippen molar-refractivity contribution in [1.29, 1.82) is 0 Å². The van der Waals surface area contributed by atoms with Gasteiger partial charge in [-0.1, -0.05) is 12.5 Å². The van der Waals surface area contributed by atoms with Gasteiger partial charge < -0.3 is 10.1 Å². The Labute approximate surface area is 107 Å². The molecule has 1 rings (SSSR count). The van der Waals surface area contributed by atoms with E-state index in [1.165, 1.54) is 31.3 Å². The molecule has 0 aromatic heterocycles. The highest BCUT2D eigenvalue weighted by atomic mass is 16.5. The van der Waals surface area contributed by atoms with Crippen LogP contribution < -0.4 is 5.32 Å². The normalized spacial score (nSPS) is 31.2. The molecule has 0 amide bonds. The van der Waals surface area contributed by atoms with Crippen LogP contribution in [0.1, 0.15) is 52.4 Å². The quantitative estimate of drug-likeness (QED) is 0.716. The van der Waals surface area contributed by atoms with Gasteiger partial charge in [0.05, 0.1) is 5.60 Å². The minimum absolute atomic E-state index is 0.0523.